The van der Waals surface area contributed by atoms with Gasteiger partial charge in [-0.1, -0.05) is 19.9 Å². The lowest BCUT2D eigenvalue weighted by atomic mass is 10.1. The molecule has 3 aromatic rings. The molecule has 0 N–H and O–H groups in total. The molecule has 4 heterocycles. The van der Waals surface area contributed by atoms with Gasteiger partial charge in [0.25, 0.3) is 0 Å². The van der Waals surface area contributed by atoms with Crippen molar-refractivity contribution in [2.24, 2.45) is 0 Å². The molecule has 0 aromatic carbocycles. The number of hydrogen-bond donors (Lipinski definition) is 0. The zero-order chi connectivity index (χ0) is 15.8. The quantitative estimate of drug-likeness (QED) is 0.746. The van der Waals surface area contributed by atoms with Crippen molar-refractivity contribution in [3.63, 3.8) is 0 Å². The molecule has 1 aliphatic heterocycles. The minimum atomic E-state index is 0.370. The summed E-state index contributed by atoms with van der Waals surface area (Å²) in [6.45, 7) is 7.05. The van der Waals surface area contributed by atoms with Gasteiger partial charge in [0.1, 0.15) is 11.5 Å². The van der Waals surface area contributed by atoms with E-state index >= 15 is 0 Å². The Morgan fingerprint density at radius 3 is 2.96 bits per heavy atom. The summed E-state index contributed by atoms with van der Waals surface area (Å²) in [6, 6.07) is 6.09. The molecule has 0 unspecified atom stereocenters. The molecule has 118 valence electrons. The number of nitrogens with zero attached hydrogens (tertiary/aromatic N) is 5. The fourth-order valence-electron chi connectivity index (χ4n) is 3.08. The first-order valence-corrected chi connectivity index (χ1v) is 8.18. The fourth-order valence-corrected chi connectivity index (χ4v) is 3.08. The predicted octanol–water partition coefficient (Wildman–Crippen LogP) is 2.81. The molecule has 0 saturated carbocycles. The Morgan fingerprint density at radius 2 is 2.13 bits per heavy atom. The molecule has 4 rings (SSSR count). The van der Waals surface area contributed by atoms with Gasteiger partial charge < -0.3 is 4.40 Å². The minimum Gasteiger partial charge on any atom is -0.307 e. The van der Waals surface area contributed by atoms with E-state index in [4.69, 9.17) is 9.97 Å². The van der Waals surface area contributed by atoms with Gasteiger partial charge in [0, 0.05) is 44.1 Å². The van der Waals surface area contributed by atoms with Crippen LogP contribution in [0.3, 0.4) is 0 Å². The van der Waals surface area contributed by atoms with Crippen molar-refractivity contribution in [3.8, 4) is 0 Å². The molecule has 5 nitrogen and oxygen atoms in total. The molecular weight excluding hydrogens is 286 g/mol. The second-order valence-electron chi connectivity index (χ2n) is 6.51. The average Bonchev–Trinajstić information content (AvgIpc) is 2.96. The molecule has 0 atom stereocenters. The Labute approximate surface area is 136 Å². The highest BCUT2D eigenvalue weighted by Crippen LogP contribution is 2.20. The summed E-state index contributed by atoms with van der Waals surface area (Å²) < 4.78 is 2.08. The van der Waals surface area contributed by atoms with Crippen molar-refractivity contribution < 1.29 is 0 Å². The summed E-state index contributed by atoms with van der Waals surface area (Å²) in [7, 11) is 0. The third kappa shape index (κ3) is 2.84. The molecule has 0 saturated heterocycles. The Morgan fingerprint density at radius 1 is 1.22 bits per heavy atom. The van der Waals surface area contributed by atoms with E-state index in [0.29, 0.717) is 5.92 Å². The van der Waals surface area contributed by atoms with E-state index in [1.165, 1.54) is 11.3 Å². The predicted molar refractivity (Wildman–Crippen MR) is 89.1 cm³/mol. The maximum absolute atomic E-state index is 4.77. The molecule has 0 bridgehead atoms. The Kier molecular flexibility index (Phi) is 3.58. The summed E-state index contributed by atoms with van der Waals surface area (Å²) in [6.07, 6.45) is 7.19. The van der Waals surface area contributed by atoms with Crippen LogP contribution in [0.5, 0.6) is 0 Å². The Balaban J connectivity index is 1.54. The first-order valence-electron chi connectivity index (χ1n) is 8.18. The molecule has 0 amide bonds. The van der Waals surface area contributed by atoms with Gasteiger partial charge >= 0.3 is 0 Å². The second-order valence-corrected chi connectivity index (χ2v) is 6.51. The van der Waals surface area contributed by atoms with Crippen LogP contribution in [0.25, 0.3) is 5.65 Å². The van der Waals surface area contributed by atoms with Crippen molar-refractivity contribution in [1.29, 1.82) is 0 Å². The standard InChI is InChI=1S/C18H21N5/c1-13(2)18-19-9-14-6-8-22(12-16(14)21-18)10-15-11-23-7-4-3-5-17(23)20-15/h3-5,7,9,11,13H,6,8,10,12H2,1-2H3. The van der Waals surface area contributed by atoms with Gasteiger partial charge in [0.15, 0.2) is 0 Å². The molecule has 1 aliphatic rings. The van der Waals surface area contributed by atoms with Crippen molar-refractivity contribution in [2.45, 2.75) is 39.3 Å². The van der Waals surface area contributed by atoms with E-state index in [-0.39, 0.29) is 0 Å². The third-order valence-electron chi connectivity index (χ3n) is 4.36. The number of hydrogen-bond acceptors (Lipinski definition) is 4. The molecule has 0 spiro atoms. The highest BCUT2D eigenvalue weighted by Gasteiger charge is 2.20. The van der Waals surface area contributed by atoms with Crippen molar-refractivity contribution in [3.05, 3.63) is 59.6 Å². The maximum atomic E-state index is 4.77. The highest BCUT2D eigenvalue weighted by atomic mass is 15.2. The molecule has 5 heteroatoms. The van der Waals surface area contributed by atoms with Crippen LogP contribution in [-0.2, 0) is 19.5 Å². The Hall–Kier alpha value is -2.27. The molecule has 0 radical (unpaired) electrons. The fraction of sp³-hybridized carbons (Fsp3) is 0.389. The lowest BCUT2D eigenvalue weighted by molar-refractivity contribution is 0.238. The van der Waals surface area contributed by atoms with Crippen LogP contribution in [0, 0.1) is 0 Å². The molecular formula is C18H21N5. The van der Waals surface area contributed by atoms with Crippen molar-refractivity contribution in [2.75, 3.05) is 6.54 Å². The largest absolute Gasteiger partial charge is 0.307 e. The van der Waals surface area contributed by atoms with Crippen LogP contribution in [0.2, 0.25) is 0 Å². The summed E-state index contributed by atoms with van der Waals surface area (Å²) in [5.41, 5.74) is 4.58. The van der Waals surface area contributed by atoms with Gasteiger partial charge in [-0.05, 0) is 24.1 Å². The monoisotopic (exact) mass is 307 g/mol. The van der Waals surface area contributed by atoms with Crippen molar-refractivity contribution in [1.82, 2.24) is 24.3 Å². The lowest BCUT2D eigenvalue weighted by Crippen LogP contribution is -2.31. The normalized spacial score (nSPS) is 15.3. The third-order valence-corrected chi connectivity index (χ3v) is 4.36. The van der Waals surface area contributed by atoms with Gasteiger partial charge in [0.2, 0.25) is 0 Å². The van der Waals surface area contributed by atoms with Gasteiger partial charge in [-0.15, -0.1) is 0 Å². The van der Waals surface area contributed by atoms with E-state index in [9.17, 15) is 0 Å². The number of imidazole rings is 1. The molecule has 3 aromatic heterocycles. The number of rotatable bonds is 3. The molecule has 23 heavy (non-hydrogen) atoms. The van der Waals surface area contributed by atoms with Gasteiger partial charge in [0.05, 0.1) is 11.4 Å². The summed E-state index contributed by atoms with van der Waals surface area (Å²) >= 11 is 0. The summed E-state index contributed by atoms with van der Waals surface area (Å²) in [4.78, 5) is 16.4. The van der Waals surface area contributed by atoms with E-state index < -0.39 is 0 Å². The first-order chi connectivity index (χ1) is 11.2. The molecule has 0 fully saturated rings. The van der Waals surface area contributed by atoms with Crippen LogP contribution < -0.4 is 0 Å². The number of fused-ring (bicyclic) bond motifs is 2. The van der Waals surface area contributed by atoms with Gasteiger partial charge in [-0.25, -0.2) is 15.0 Å². The van der Waals surface area contributed by atoms with E-state index in [1.807, 2.05) is 30.6 Å². The van der Waals surface area contributed by atoms with Crippen molar-refractivity contribution >= 4 is 5.65 Å². The molecule has 0 aliphatic carbocycles. The lowest BCUT2D eigenvalue weighted by Gasteiger charge is -2.27. The summed E-state index contributed by atoms with van der Waals surface area (Å²) in [5, 5.41) is 0. The van der Waals surface area contributed by atoms with Crippen LogP contribution in [0.15, 0.2) is 36.8 Å². The van der Waals surface area contributed by atoms with Crippen LogP contribution >= 0.6 is 0 Å². The SMILES string of the molecule is CC(C)c1ncc2c(n1)CN(Cc1cn3ccccc3n1)CC2. The Bertz CT molecular complexity index is 803. The van der Waals surface area contributed by atoms with Gasteiger partial charge in [-0.3, -0.25) is 4.90 Å². The summed E-state index contributed by atoms with van der Waals surface area (Å²) in [5.74, 6) is 1.31. The highest BCUT2D eigenvalue weighted by molar-refractivity contribution is 5.39. The first kappa shape index (κ1) is 14.3. The number of pyridine rings is 1. The van der Waals surface area contributed by atoms with Crippen LogP contribution in [0.1, 0.15) is 42.5 Å². The maximum Gasteiger partial charge on any atom is 0.137 e. The van der Waals surface area contributed by atoms with E-state index in [0.717, 1.165) is 43.2 Å². The van der Waals surface area contributed by atoms with Crippen LogP contribution in [-0.4, -0.2) is 30.8 Å². The topological polar surface area (TPSA) is 46.3 Å². The van der Waals surface area contributed by atoms with E-state index in [1.54, 1.807) is 0 Å². The second kappa shape index (κ2) is 5.74. The zero-order valence-corrected chi connectivity index (χ0v) is 13.6. The number of aromatic nitrogens is 4. The smallest absolute Gasteiger partial charge is 0.137 e. The average molecular weight is 307 g/mol. The van der Waals surface area contributed by atoms with Crippen LogP contribution in [0.4, 0.5) is 0 Å². The van der Waals surface area contributed by atoms with Gasteiger partial charge in [-0.2, -0.15) is 0 Å². The van der Waals surface area contributed by atoms with E-state index in [2.05, 4.69) is 34.3 Å². The minimum absolute atomic E-state index is 0.370. The zero-order valence-electron chi connectivity index (χ0n) is 13.6.